The van der Waals surface area contributed by atoms with E-state index in [0.29, 0.717) is 10.9 Å². The van der Waals surface area contributed by atoms with Crippen molar-refractivity contribution in [2.45, 2.75) is 11.8 Å². The van der Waals surface area contributed by atoms with Crippen LogP contribution in [0.4, 0.5) is 13.2 Å². The predicted octanol–water partition coefficient (Wildman–Crippen LogP) is 4.14. The summed E-state index contributed by atoms with van der Waals surface area (Å²) >= 11 is 0. The highest BCUT2D eigenvalue weighted by atomic mass is 19.4. The summed E-state index contributed by atoms with van der Waals surface area (Å²) in [4.78, 5) is 4.04. The van der Waals surface area contributed by atoms with Gasteiger partial charge in [0.15, 0.2) is 0 Å². The van der Waals surface area contributed by atoms with Crippen LogP contribution in [0.3, 0.4) is 0 Å². The summed E-state index contributed by atoms with van der Waals surface area (Å²) in [5.41, 5.74) is -3.40. The SMILES string of the molecule is OC1(C(F)(F)F)c2ccccc2Oc2c1cnc1ccccc21. The third kappa shape index (κ3) is 1.78. The highest BCUT2D eigenvalue weighted by molar-refractivity contribution is 5.87. The number of hydrogen-bond acceptors (Lipinski definition) is 3. The Morgan fingerprint density at radius 1 is 0.957 bits per heavy atom. The molecule has 1 N–H and O–H groups in total. The first-order chi connectivity index (χ1) is 10.9. The van der Waals surface area contributed by atoms with Gasteiger partial charge in [-0.05, 0) is 18.2 Å². The highest BCUT2D eigenvalue weighted by Crippen LogP contribution is 2.55. The lowest BCUT2D eigenvalue weighted by Gasteiger charge is -2.37. The number of ether oxygens (including phenoxy) is 1. The summed E-state index contributed by atoms with van der Waals surface area (Å²) in [6, 6.07) is 12.3. The molecule has 1 atom stereocenters. The Hall–Kier alpha value is -2.60. The molecule has 1 unspecified atom stereocenters. The second kappa shape index (κ2) is 4.45. The Balaban J connectivity index is 2.12. The topological polar surface area (TPSA) is 42.4 Å². The molecule has 0 saturated carbocycles. The fourth-order valence-electron chi connectivity index (χ4n) is 2.90. The number of alkyl halides is 3. The lowest BCUT2D eigenvalue weighted by molar-refractivity contribution is -0.250. The number of nitrogens with zero attached hydrogens (tertiary/aromatic N) is 1. The molecule has 0 radical (unpaired) electrons. The zero-order valence-corrected chi connectivity index (χ0v) is 11.6. The molecule has 0 spiro atoms. The number of para-hydroxylation sites is 2. The van der Waals surface area contributed by atoms with Crippen LogP contribution in [0.25, 0.3) is 10.9 Å². The summed E-state index contributed by atoms with van der Waals surface area (Å²) in [7, 11) is 0. The lowest BCUT2D eigenvalue weighted by Crippen LogP contribution is -2.45. The van der Waals surface area contributed by atoms with Crippen LogP contribution < -0.4 is 4.74 Å². The number of halogens is 3. The molecule has 2 heterocycles. The summed E-state index contributed by atoms with van der Waals surface area (Å²) in [5, 5.41) is 11.0. The summed E-state index contributed by atoms with van der Waals surface area (Å²) in [6.45, 7) is 0. The van der Waals surface area contributed by atoms with Crippen LogP contribution in [0, 0.1) is 0 Å². The molecule has 1 aromatic heterocycles. The van der Waals surface area contributed by atoms with Crippen LogP contribution >= 0.6 is 0 Å². The number of aliphatic hydroxyl groups is 1. The van der Waals surface area contributed by atoms with E-state index in [9.17, 15) is 18.3 Å². The third-order valence-electron chi connectivity index (χ3n) is 4.01. The number of benzene rings is 2. The Morgan fingerprint density at radius 2 is 1.65 bits per heavy atom. The Labute approximate surface area is 129 Å². The zero-order valence-electron chi connectivity index (χ0n) is 11.6. The molecule has 4 rings (SSSR count). The van der Waals surface area contributed by atoms with Crippen molar-refractivity contribution in [1.29, 1.82) is 0 Å². The van der Waals surface area contributed by atoms with E-state index in [2.05, 4.69) is 4.98 Å². The minimum atomic E-state index is -4.91. The number of fused-ring (bicyclic) bond motifs is 4. The monoisotopic (exact) mass is 317 g/mol. The van der Waals surface area contributed by atoms with Crippen LogP contribution in [0.2, 0.25) is 0 Å². The molecule has 3 aromatic rings. The number of pyridine rings is 1. The largest absolute Gasteiger partial charge is 0.456 e. The van der Waals surface area contributed by atoms with Gasteiger partial charge in [-0.2, -0.15) is 13.2 Å². The van der Waals surface area contributed by atoms with Gasteiger partial charge in [0.05, 0.1) is 11.1 Å². The predicted molar refractivity (Wildman–Crippen MR) is 77.3 cm³/mol. The molecule has 3 nitrogen and oxygen atoms in total. The van der Waals surface area contributed by atoms with Crippen molar-refractivity contribution in [3.63, 3.8) is 0 Å². The Morgan fingerprint density at radius 3 is 2.43 bits per heavy atom. The zero-order chi connectivity index (χ0) is 16.2. The van der Waals surface area contributed by atoms with Gasteiger partial charge in [0.1, 0.15) is 11.5 Å². The van der Waals surface area contributed by atoms with Gasteiger partial charge < -0.3 is 9.84 Å². The molecule has 116 valence electrons. The second-order valence-electron chi connectivity index (χ2n) is 5.32. The third-order valence-corrected chi connectivity index (χ3v) is 4.01. The highest BCUT2D eigenvalue weighted by Gasteiger charge is 2.60. The number of hydrogen-bond donors (Lipinski definition) is 1. The van der Waals surface area contributed by atoms with E-state index in [1.807, 2.05) is 0 Å². The molecule has 1 aliphatic rings. The van der Waals surface area contributed by atoms with Gasteiger partial charge in [-0.25, -0.2) is 0 Å². The summed E-state index contributed by atoms with van der Waals surface area (Å²) in [6.07, 6.45) is -3.88. The summed E-state index contributed by atoms with van der Waals surface area (Å²) < 4.78 is 46.9. The minimum absolute atomic E-state index is 0.0174. The molecule has 0 bridgehead atoms. The maximum Gasteiger partial charge on any atom is 0.426 e. The molecule has 0 aliphatic carbocycles. The van der Waals surface area contributed by atoms with Crippen LogP contribution in [0.15, 0.2) is 54.7 Å². The maximum atomic E-state index is 13.7. The van der Waals surface area contributed by atoms with Crippen molar-refractivity contribution in [3.05, 3.63) is 65.9 Å². The first-order valence-corrected chi connectivity index (χ1v) is 6.87. The molecule has 0 fully saturated rings. The van der Waals surface area contributed by atoms with Crippen LogP contribution in [0.5, 0.6) is 11.5 Å². The van der Waals surface area contributed by atoms with Crippen LogP contribution in [0.1, 0.15) is 11.1 Å². The van der Waals surface area contributed by atoms with Crippen molar-refractivity contribution in [2.24, 2.45) is 0 Å². The van der Waals surface area contributed by atoms with E-state index in [1.165, 1.54) is 18.2 Å². The van der Waals surface area contributed by atoms with Crippen molar-refractivity contribution in [2.75, 3.05) is 0 Å². The van der Waals surface area contributed by atoms with E-state index < -0.39 is 17.3 Å². The van der Waals surface area contributed by atoms with Crippen molar-refractivity contribution >= 4 is 10.9 Å². The fourth-order valence-corrected chi connectivity index (χ4v) is 2.90. The first-order valence-electron chi connectivity index (χ1n) is 6.87. The van der Waals surface area contributed by atoms with Crippen molar-refractivity contribution < 1.29 is 23.0 Å². The van der Waals surface area contributed by atoms with Crippen LogP contribution in [-0.4, -0.2) is 16.3 Å². The standard InChI is InChI=1S/C17H10F3NO2/c18-17(19,20)16(22)11-6-2-4-8-14(11)23-15-10-5-1-3-7-13(10)21-9-12(15)16/h1-9,22H. The van der Waals surface area contributed by atoms with Gasteiger partial charge in [-0.15, -0.1) is 0 Å². The van der Waals surface area contributed by atoms with Gasteiger partial charge in [0, 0.05) is 17.1 Å². The fraction of sp³-hybridized carbons (Fsp3) is 0.118. The summed E-state index contributed by atoms with van der Waals surface area (Å²) in [5.74, 6) is -0.0368. The lowest BCUT2D eigenvalue weighted by atomic mass is 9.83. The normalized spacial score (nSPS) is 19.8. The van der Waals surface area contributed by atoms with Crippen molar-refractivity contribution in [1.82, 2.24) is 4.98 Å². The van der Waals surface area contributed by atoms with Gasteiger partial charge in [0.2, 0.25) is 5.60 Å². The molecule has 2 aromatic carbocycles. The average Bonchev–Trinajstić information content (AvgIpc) is 2.54. The minimum Gasteiger partial charge on any atom is -0.456 e. The smallest absolute Gasteiger partial charge is 0.426 e. The van der Waals surface area contributed by atoms with Gasteiger partial charge >= 0.3 is 6.18 Å². The number of aromatic nitrogens is 1. The number of rotatable bonds is 0. The second-order valence-corrected chi connectivity index (χ2v) is 5.32. The average molecular weight is 317 g/mol. The molecule has 23 heavy (non-hydrogen) atoms. The molecular weight excluding hydrogens is 307 g/mol. The van der Waals surface area contributed by atoms with E-state index in [0.717, 1.165) is 6.20 Å². The van der Waals surface area contributed by atoms with Crippen molar-refractivity contribution in [3.8, 4) is 11.5 Å². The van der Waals surface area contributed by atoms with E-state index in [1.54, 1.807) is 30.3 Å². The van der Waals surface area contributed by atoms with Gasteiger partial charge in [-0.1, -0.05) is 30.3 Å². The molecular formula is C17H10F3NO2. The maximum absolute atomic E-state index is 13.7. The van der Waals surface area contributed by atoms with Gasteiger partial charge in [0.25, 0.3) is 0 Å². The Bertz CT molecular complexity index is 923. The van der Waals surface area contributed by atoms with E-state index in [4.69, 9.17) is 4.74 Å². The van der Waals surface area contributed by atoms with Gasteiger partial charge in [-0.3, -0.25) is 4.98 Å². The Kier molecular flexibility index (Phi) is 2.72. The molecule has 0 amide bonds. The molecule has 6 heteroatoms. The molecule has 0 saturated heterocycles. The quantitative estimate of drug-likeness (QED) is 0.677. The van der Waals surface area contributed by atoms with E-state index >= 15 is 0 Å². The van der Waals surface area contributed by atoms with E-state index in [-0.39, 0.29) is 17.1 Å². The van der Waals surface area contributed by atoms with Crippen LogP contribution in [-0.2, 0) is 5.60 Å². The molecule has 1 aliphatic heterocycles. The first kappa shape index (κ1) is 14.0.